The van der Waals surface area contributed by atoms with Crippen molar-refractivity contribution >= 4 is 11.0 Å². The number of phenolic OH excluding ortho intramolecular Hbond substituents is 1. The quantitative estimate of drug-likeness (QED) is 0.764. The maximum atomic E-state index is 11.2. The van der Waals surface area contributed by atoms with Crippen LogP contribution in [0.2, 0.25) is 0 Å². The van der Waals surface area contributed by atoms with Crippen LogP contribution in [-0.4, -0.2) is 5.11 Å². The lowest BCUT2D eigenvalue weighted by atomic mass is 10.1. The topological polar surface area (TPSA) is 50.4 Å². The molecule has 0 bridgehead atoms. The highest BCUT2D eigenvalue weighted by molar-refractivity contribution is 5.81. The summed E-state index contributed by atoms with van der Waals surface area (Å²) in [5.41, 5.74) is 1.13. The van der Waals surface area contributed by atoms with Crippen LogP contribution < -0.4 is 5.63 Å². The second-order valence-electron chi connectivity index (χ2n) is 3.52. The van der Waals surface area contributed by atoms with E-state index in [1.54, 1.807) is 12.1 Å². The number of fused-ring (bicyclic) bond motifs is 1. The molecule has 2 rings (SSSR count). The van der Waals surface area contributed by atoms with Gasteiger partial charge in [0, 0.05) is 11.5 Å². The molecule has 78 valence electrons. The molecule has 2 aromatic rings. The Hall–Kier alpha value is -1.77. The second-order valence-corrected chi connectivity index (χ2v) is 3.52. The first-order valence-corrected chi connectivity index (χ1v) is 4.96. The number of hydrogen-bond acceptors (Lipinski definition) is 3. The predicted octanol–water partition coefficient (Wildman–Crippen LogP) is 2.45. The van der Waals surface area contributed by atoms with Crippen LogP contribution in [0.4, 0.5) is 0 Å². The minimum absolute atomic E-state index is 0.189. The van der Waals surface area contributed by atoms with Gasteiger partial charge >= 0.3 is 5.63 Å². The van der Waals surface area contributed by atoms with E-state index in [1.807, 2.05) is 6.92 Å². The summed E-state index contributed by atoms with van der Waals surface area (Å²) in [5, 5.41) is 10.2. The fraction of sp³-hybridized carbons (Fsp3) is 0.250. The molecule has 0 aliphatic rings. The van der Waals surface area contributed by atoms with Crippen molar-refractivity contribution in [2.75, 3.05) is 0 Å². The molecule has 1 N–H and O–H groups in total. The first-order chi connectivity index (χ1) is 7.20. The Morgan fingerprint density at radius 1 is 1.33 bits per heavy atom. The highest BCUT2D eigenvalue weighted by atomic mass is 16.4. The second kappa shape index (κ2) is 3.77. The van der Waals surface area contributed by atoms with Gasteiger partial charge in [0.1, 0.15) is 11.3 Å². The molecule has 3 nitrogen and oxygen atoms in total. The molecule has 0 fully saturated rings. The van der Waals surface area contributed by atoms with Gasteiger partial charge in [-0.15, -0.1) is 0 Å². The molecule has 0 saturated heterocycles. The van der Waals surface area contributed by atoms with E-state index in [4.69, 9.17) is 4.42 Å². The molecule has 0 saturated carbocycles. The fourth-order valence-corrected chi connectivity index (χ4v) is 1.69. The molecule has 3 heteroatoms. The molecule has 0 spiro atoms. The highest BCUT2D eigenvalue weighted by Gasteiger charge is 2.05. The van der Waals surface area contributed by atoms with E-state index in [0.717, 1.165) is 23.8 Å². The Morgan fingerprint density at radius 3 is 2.87 bits per heavy atom. The standard InChI is InChI=1S/C12H12O3/c1-2-3-8-6-12(14)15-11-5-4-9(13)7-10(8)11/h4-7,13H,2-3H2,1H3. The van der Waals surface area contributed by atoms with Crippen LogP contribution >= 0.6 is 0 Å². The van der Waals surface area contributed by atoms with E-state index in [-0.39, 0.29) is 11.4 Å². The average Bonchev–Trinajstić information content (AvgIpc) is 2.19. The van der Waals surface area contributed by atoms with Crippen LogP contribution in [-0.2, 0) is 6.42 Å². The van der Waals surface area contributed by atoms with Crippen LogP contribution in [0.25, 0.3) is 11.0 Å². The minimum atomic E-state index is -0.336. The van der Waals surface area contributed by atoms with E-state index >= 15 is 0 Å². The van der Waals surface area contributed by atoms with Gasteiger partial charge in [-0.2, -0.15) is 0 Å². The number of hydrogen-bond donors (Lipinski definition) is 1. The summed E-state index contributed by atoms with van der Waals surface area (Å²) in [7, 11) is 0. The van der Waals surface area contributed by atoms with Gasteiger partial charge < -0.3 is 9.52 Å². The molecular formula is C12H12O3. The van der Waals surface area contributed by atoms with Crippen molar-refractivity contribution in [3.8, 4) is 5.75 Å². The lowest BCUT2D eigenvalue weighted by Gasteiger charge is -2.03. The number of rotatable bonds is 2. The van der Waals surface area contributed by atoms with Crippen molar-refractivity contribution in [1.82, 2.24) is 0 Å². The SMILES string of the molecule is CCCc1cc(=O)oc2ccc(O)cc12. The molecule has 1 heterocycles. The smallest absolute Gasteiger partial charge is 0.336 e. The van der Waals surface area contributed by atoms with Gasteiger partial charge in [0.2, 0.25) is 0 Å². The molecule has 0 atom stereocenters. The normalized spacial score (nSPS) is 10.7. The average molecular weight is 204 g/mol. The monoisotopic (exact) mass is 204 g/mol. The molecule has 1 aromatic carbocycles. The van der Waals surface area contributed by atoms with Gasteiger partial charge in [-0.3, -0.25) is 0 Å². The third kappa shape index (κ3) is 1.86. The lowest BCUT2D eigenvalue weighted by Crippen LogP contribution is -2.00. The summed E-state index contributed by atoms with van der Waals surface area (Å²) in [6.45, 7) is 2.04. The van der Waals surface area contributed by atoms with Gasteiger partial charge in [0.15, 0.2) is 0 Å². The molecule has 0 amide bonds. The minimum Gasteiger partial charge on any atom is -0.508 e. The number of aromatic hydroxyl groups is 1. The maximum Gasteiger partial charge on any atom is 0.336 e. The van der Waals surface area contributed by atoms with E-state index in [9.17, 15) is 9.90 Å². The zero-order valence-corrected chi connectivity index (χ0v) is 8.49. The summed E-state index contributed by atoms with van der Waals surface area (Å²) >= 11 is 0. The summed E-state index contributed by atoms with van der Waals surface area (Å²) in [6.07, 6.45) is 1.76. The highest BCUT2D eigenvalue weighted by Crippen LogP contribution is 2.22. The van der Waals surface area contributed by atoms with E-state index in [1.165, 1.54) is 12.1 Å². The fourth-order valence-electron chi connectivity index (χ4n) is 1.69. The van der Waals surface area contributed by atoms with Gasteiger partial charge in [0.05, 0.1) is 0 Å². The van der Waals surface area contributed by atoms with Crippen molar-refractivity contribution in [2.24, 2.45) is 0 Å². The van der Waals surface area contributed by atoms with Crippen molar-refractivity contribution in [2.45, 2.75) is 19.8 Å². The lowest BCUT2D eigenvalue weighted by molar-refractivity contribution is 0.475. The molecule has 15 heavy (non-hydrogen) atoms. The predicted molar refractivity (Wildman–Crippen MR) is 58.1 cm³/mol. The first-order valence-electron chi connectivity index (χ1n) is 4.96. The van der Waals surface area contributed by atoms with Gasteiger partial charge in [-0.05, 0) is 30.2 Å². The molecule has 0 unspecified atom stereocenters. The Kier molecular flexibility index (Phi) is 2.46. The number of aryl methyl sites for hydroxylation is 1. The van der Waals surface area contributed by atoms with Crippen molar-refractivity contribution in [1.29, 1.82) is 0 Å². The summed E-state index contributed by atoms with van der Waals surface area (Å²) < 4.78 is 5.04. The Balaban J connectivity index is 2.75. The largest absolute Gasteiger partial charge is 0.508 e. The van der Waals surface area contributed by atoms with Crippen molar-refractivity contribution in [3.63, 3.8) is 0 Å². The van der Waals surface area contributed by atoms with Crippen molar-refractivity contribution < 1.29 is 9.52 Å². The van der Waals surface area contributed by atoms with Crippen LogP contribution in [0.15, 0.2) is 33.5 Å². The Labute approximate surface area is 87.0 Å². The first kappa shape index (κ1) is 9.77. The van der Waals surface area contributed by atoms with E-state index in [0.29, 0.717) is 5.58 Å². The molecular weight excluding hydrogens is 192 g/mol. The van der Waals surface area contributed by atoms with E-state index < -0.39 is 0 Å². The molecule has 1 aromatic heterocycles. The van der Waals surface area contributed by atoms with Crippen LogP contribution in [0.1, 0.15) is 18.9 Å². The summed E-state index contributed by atoms with van der Waals surface area (Å²) in [5.74, 6) is 0.189. The zero-order chi connectivity index (χ0) is 10.8. The number of phenols is 1. The zero-order valence-electron chi connectivity index (χ0n) is 8.49. The van der Waals surface area contributed by atoms with Gasteiger partial charge in [-0.25, -0.2) is 4.79 Å². The van der Waals surface area contributed by atoms with Gasteiger partial charge in [0.25, 0.3) is 0 Å². The van der Waals surface area contributed by atoms with Crippen molar-refractivity contribution in [3.05, 3.63) is 40.2 Å². The third-order valence-electron chi connectivity index (χ3n) is 2.33. The summed E-state index contributed by atoms with van der Waals surface area (Å²) in [4.78, 5) is 11.2. The number of benzene rings is 1. The molecule has 0 radical (unpaired) electrons. The van der Waals surface area contributed by atoms with E-state index in [2.05, 4.69) is 0 Å². The Morgan fingerprint density at radius 2 is 2.13 bits per heavy atom. The Bertz CT molecular complexity index is 540. The summed E-state index contributed by atoms with van der Waals surface area (Å²) in [6, 6.07) is 6.25. The molecule has 0 aliphatic carbocycles. The van der Waals surface area contributed by atoms with Crippen LogP contribution in [0, 0.1) is 0 Å². The third-order valence-corrected chi connectivity index (χ3v) is 2.33. The van der Waals surface area contributed by atoms with Crippen LogP contribution in [0.3, 0.4) is 0 Å². The van der Waals surface area contributed by atoms with Gasteiger partial charge in [-0.1, -0.05) is 13.3 Å². The van der Waals surface area contributed by atoms with Crippen LogP contribution in [0.5, 0.6) is 5.75 Å². The molecule has 0 aliphatic heterocycles. The maximum absolute atomic E-state index is 11.2.